The van der Waals surface area contributed by atoms with Crippen molar-refractivity contribution in [2.24, 2.45) is 0 Å². The highest BCUT2D eigenvalue weighted by molar-refractivity contribution is 14.1. The number of benzene rings is 1. The summed E-state index contributed by atoms with van der Waals surface area (Å²) in [5.74, 6) is 1.62. The van der Waals surface area contributed by atoms with E-state index in [0.29, 0.717) is 5.92 Å². The number of nitrogens with zero attached hydrogens (tertiary/aromatic N) is 1. The third kappa shape index (κ3) is 1.78. The normalized spacial score (nSPS) is 13.4. The van der Waals surface area contributed by atoms with E-state index in [4.69, 9.17) is 0 Å². The molecule has 0 aliphatic heterocycles. The van der Waals surface area contributed by atoms with Crippen LogP contribution in [0.4, 0.5) is 0 Å². The molecule has 1 N–H and O–H groups in total. The lowest BCUT2D eigenvalue weighted by Gasteiger charge is -2.01. The third-order valence-electron chi connectivity index (χ3n) is 2.54. The number of hydrogen-bond donors (Lipinski definition) is 1. The Balaban J connectivity index is 2.51. The summed E-state index contributed by atoms with van der Waals surface area (Å²) >= 11 is 2.32. The van der Waals surface area contributed by atoms with Crippen molar-refractivity contribution in [1.29, 1.82) is 0 Å². The lowest BCUT2D eigenvalue weighted by Crippen LogP contribution is -1.92. The molecule has 2 aromatic rings. The highest BCUT2D eigenvalue weighted by Crippen LogP contribution is 2.20. The van der Waals surface area contributed by atoms with E-state index in [0.717, 1.165) is 23.3 Å². The van der Waals surface area contributed by atoms with Gasteiger partial charge in [0.2, 0.25) is 0 Å². The molecule has 74 valence electrons. The summed E-state index contributed by atoms with van der Waals surface area (Å²) < 4.78 is 1.24. The molecular weight excluding hydrogens is 287 g/mol. The summed E-state index contributed by atoms with van der Waals surface area (Å²) in [6, 6.07) is 6.29. The van der Waals surface area contributed by atoms with Gasteiger partial charge in [-0.2, -0.15) is 0 Å². The van der Waals surface area contributed by atoms with Crippen molar-refractivity contribution in [2.75, 3.05) is 0 Å². The second kappa shape index (κ2) is 3.88. The summed E-state index contributed by atoms with van der Waals surface area (Å²) in [6.45, 7) is 4.38. The standard InChI is InChI=1S/C11H13IN2/c1-3-7(2)11-13-9-5-4-8(12)6-10(9)14-11/h4-7H,3H2,1-2H3,(H,13,14). The highest BCUT2D eigenvalue weighted by atomic mass is 127. The van der Waals surface area contributed by atoms with Crippen molar-refractivity contribution in [3.63, 3.8) is 0 Å². The molecule has 0 spiro atoms. The Morgan fingerprint density at radius 3 is 3.00 bits per heavy atom. The van der Waals surface area contributed by atoms with E-state index in [2.05, 4.69) is 64.6 Å². The van der Waals surface area contributed by atoms with Gasteiger partial charge in [0.15, 0.2) is 0 Å². The molecule has 3 heteroatoms. The van der Waals surface area contributed by atoms with Crippen LogP contribution < -0.4 is 0 Å². The first-order valence-corrected chi connectivity index (χ1v) is 5.93. The number of H-pyrrole nitrogens is 1. The number of halogens is 1. The molecule has 2 nitrogen and oxygen atoms in total. The molecule has 1 atom stereocenters. The van der Waals surface area contributed by atoms with E-state index in [9.17, 15) is 0 Å². The molecule has 1 aromatic heterocycles. The van der Waals surface area contributed by atoms with Crippen molar-refractivity contribution >= 4 is 33.6 Å². The van der Waals surface area contributed by atoms with Crippen LogP contribution in [0.2, 0.25) is 0 Å². The molecule has 0 fully saturated rings. The Morgan fingerprint density at radius 1 is 1.50 bits per heavy atom. The van der Waals surface area contributed by atoms with E-state index in [1.54, 1.807) is 0 Å². The third-order valence-corrected chi connectivity index (χ3v) is 3.21. The molecule has 0 aliphatic carbocycles. The minimum absolute atomic E-state index is 0.514. The van der Waals surface area contributed by atoms with Crippen molar-refractivity contribution in [1.82, 2.24) is 9.97 Å². The predicted molar refractivity (Wildman–Crippen MR) is 67.5 cm³/mol. The fraction of sp³-hybridized carbons (Fsp3) is 0.364. The number of rotatable bonds is 2. The van der Waals surface area contributed by atoms with Crippen LogP contribution in [0.3, 0.4) is 0 Å². The molecular formula is C11H13IN2. The summed E-state index contributed by atoms with van der Waals surface area (Å²) in [4.78, 5) is 7.94. The summed E-state index contributed by atoms with van der Waals surface area (Å²) in [6.07, 6.45) is 1.12. The molecule has 0 radical (unpaired) electrons. The van der Waals surface area contributed by atoms with Crippen molar-refractivity contribution in [2.45, 2.75) is 26.2 Å². The SMILES string of the molecule is CCC(C)c1nc2ccc(I)cc2[nH]1. The molecule has 0 amide bonds. The summed E-state index contributed by atoms with van der Waals surface area (Å²) in [7, 11) is 0. The summed E-state index contributed by atoms with van der Waals surface area (Å²) in [5, 5.41) is 0. The fourth-order valence-corrected chi connectivity index (χ4v) is 1.92. The lowest BCUT2D eigenvalue weighted by molar-refractivity contribution is 0.692. The Hall–Kier alpha value is -0.580. The number of aromatic nitrogens is 2. The smallest absolute Gasteiger partial charge is 0.110 e. The van der Waals surface area contributed by atoms with Gasteiger partial charge in [0.25, 0.3) is 0 Å². The maximum Gasteiger partial charge on any atom is 0.110 e. The zero-order chi connectivity index (χ0) is 10.1. The van der Waals surface area contributed by atoms with Crippen molar-refractivity contribution in [3.05, 3.63) is 27.6 Å². The van der Waals surface area contributed by atoms with E-state index in [-0.39, 0.29) is 0 Å². The molecule has 2 rings (SSSR count). The molecule has 1 aromatic carbocycles. The van der Waals surface area contributed by atoms with E-state index in [1.165, 1.54) is 3.57 Å². The quantitative estimate of drug-likeness (QED) is 0.842. The number of fused-ring (bicyclic) bond motifs is 1. The first-order chi connectivity index (χ1) is 6.70. The van der Waals surface area contributed by atoms with Gasteiger partial charge in [0, 0.05) is 9.49 Å². The van der Waals surface area contributed by atoms with Gasteiger partial charge < -0.3 is 4.98 Å². The second-order valence-corrected chi connectivity index (χ2v) is 4.84. The van der Waals surface area contributed by atoms with Gasteiger partial charge in [-0.05, 0) is 47.2 Å². The number of aromatic amines is 1. The average molecular weight is 300 g/mol. The van der Waals surface area contributed by atoms with Crippen LogP contribution in [-0.4, -0.2) is 9.97 Å². The minimum Gasteiger partial charge on any atom is -0.342 e. The number of hydrogen-bond acceptors (Lipinski definition) is 1. The Labute approximate surface area is 97.3 Å². The topological polar surface area (TPSA) is 28.7 Å². The van der Waals surface area contributed by atoms with Crippen molar-refractivity contribution < 1.29 is 0 Å². The Kier molecular flexibility index (Phi) is 2.76. The maximum absolute atomic E-state index is 4.57. The van der Waals surface area contributed by atoms with E-state index >= 15 is 0 Å². The van der Waals surface area contributed by atoms with Gasteiger partial charge in [-0.25, -0.2) is 4.98 Å². The van der Waals surface area contributed by atoms with Crippen LogP contribution in [0.5, 0.6) is 0 Å². The van der Waals surface area contributed by atoms with Gasteiger partial charge in [0.1, 0.15) is 5.82 Å². The summed E-state index contributed by atoms with van der Waals surface area (Å²) in [5.41, 5.74) is 2.22. The maximum atomic E-state index is 4.57. The molecule has 1 heterocycles. The molecule has 0 saturated heterocycles. The number of imidazole rings is 1. The average Bonchev–Trinajstić information content (AvgIpc) is 2.59. The zero-order valence-electron chi connectivity index (χ0n) is 8.34. The first kappa shape index (κ1) is 9.96. The Bertz CT molecular complexity index is 447. The fourth-order valence-electron chi connectivity index (χ4n) is 1.43. The van der Waals surface area contributed by atoms with Crippen LogP contribution in [0.25, 0.3) is 11.0 Å². The monoisotopic (exact) mass is 300 g/mol. The van der Waals surface area contributed by atoms with E-state index < -0.39 is 0 Å². The molecule has 0 bridgehead atoms. The molecule has 1 unspecified atom stereocenters. The molecule has 0 saturated carbocycles. The van der Waals surface area contributed by atoms with Crippen LogP contribution in [0, 0.1) is 3.57 Å². The van der Waals surface area contributed by atoms with Crippen LogP contribution in [0.15, 0.2) is 18.2 Å². The lowest BCUT2D eigenvalue weighted by atomic mass is 10.1. The van der Waals surface area contributed by atoms with Crippen LogP contribution >= 0.6 is 22.6 Å². The van der Waals surface area contributed by atoms with Gasteiger partial charge in [-0.1, -0.05) is 13.8 Å². The van der Waals surface area contributed by atoms with Crippen molar-refractivity contribution in [3.8, 4) is 0 Å². The van der Waals surface area contributed by atoms with E-state index in [1.807, 2.05) is 0 Å². The first-order valence-electron chi connectivity index (χ1n) is 4.86. The predicted octanol–water partition coefficient (Wildman–Crippen LogP) is 3.68. The number of nitrogens with one attached hydrogen (secondary N) is 1. The van der Waals surface area contributed by atoms with Gasteiger partial charge >= 0.3 is 0 Å². The van der Waals surface area contributed by atoms with Gasteiger partial charge in [-0.15, -0.1) is 0 Å². The molecule has 14 heavy (non-hydrogen) atoms. The Morgan fingerprint density at radius 2 is 2.29 bits per heavy atom. The zero-order valence-corrected chi connectivity index (χ0v) is 10.5. The molecule has 0 aliphatic rings. The van der Waals surface area contributed by atoms with Crippen LogP contribution in [0.1, 0.15) is 32.0 Å². The second-order valence-electron chi connectivity index (χ2n) is 3.59. The minimum atomic E-state index is 0.514. The van der Waals surface area contributed by atoms with Crippen LogP contribution in [-0.2, 0) is 0 Å². The van der Waals surface area contributed by atoms with Gasteiger partial charge in [-0.3, -0.25) is 0 Å². The van der Waals surface area contributed by atoms with Gasteiger partial charge in [0.05, 0.1) is 11.0 Å². The largest absolute Gasteiger partial charge is 0.342 e. The highest BCUT2D eigenvalue weighted by Gasteiger charge is 2.08.